The minimum atomic E-state index is -0.299. The predicted octanol–water partition coefficient (Wildman–Crippen LogP) is 4.99. The number of carbonyl (C=O) groups is 1. The van der Waals surface area contributed by atoms with Crippen molar-refractivity contribution in [2.45, 2.75) is 25.5 Å². The second kappa shape index (κ2) is 9.54. The molecule has 0 atom stereocenters. The molecule has 0 saturated carbocycles. The molecule has 1 aliphatic heterocycles. The largest absolute Gasteiger partial charge is 0.443 e. The van der Waals surface area contributed by atoms with Gasteiger partial charge in [0.15, 0.2) is 0 Å². The van der Waals surface area contributed by atoms with Gasteiger partial charge in [-0.1, -0.05) is 24.3 Å². The van der Waals surface area contributed by atoms with Crippen LogP contribution in [0.2, 0.25) is 0 Å². The highest BCUT2D eigenvalue weighted by Crippen LogP contribution is 2.29. The summed E-state index contributed by atoms with van der Waals surface area (Å²) in [5, 5.41) is 4.14. The fourth-order valence-electron chi connectivity index (χ4n) is 4.27. The van der Waals surface area contributed by atoms with Gasteiger partial charge in [-0.05, 0) is 36.4 Å². The number of anilines is 1. The number of amides is 1. The summed E-state index contributed by atoms with van der Waals surface area (Å²) in [4.78, 5) is 29.8. The molecule has 1 fully saturated rings. The van der Waals surface area contributed by atoms with Crippen molar-refractivity contribution in [2.24, 2.45) is 0 Å². The van der Waals surface area contributed by atoms with E-state index in [1.54, 1.807) is 10.4 Å². The van der Waals surface area contributed by atoms with E-state index in [0.717, 1.165) is 59.5 Å². The third kappa shape index (κ3) is 4.66. The average molecular weight is 460 g/mol. The lowest BCUT2D eigenvalue weighted by Crippen LogP contribution is -2.46. The highest BCUT2D eigenvalue weighted by molar-refractivity contribution is 7.07. The van der Waals surface area contributed by atoms with Crippen molar-refractivity contribution < 1.29 is 9.53 Å². The zero-order valence-corrected chi connectivity index (χ0v) is 19.2. The number of carbonyl (C=O) groups excluding carboxylic acids is 1. The maximum absolute atomic E-state index is 12.4. The van der Waals surface area contributed by atoms with E-state index >= 15 is 0 Å². The average Bonchev–Trinajstić information content (AvgIpc) is 3.40. The fourth-order valence-corrected chi connectivity index (χ4v) is 4.82. The maximum atomic E-state index is 12.4. The predicted molar refractivity (Wildman–Crippen MR) is 130 cm³/mol. The van der Waals surface area contributed by atoms with Crippen molar-refractivity contribution in [1.29, 1.82) is 0 Å². The van der Waals surface area contributed by atoms with Crippen LogP contribution in [0.15, 0.2) is 65.7 Å². The van der Waals surface area contributed by atoms with Crippen molar-refractivity contribution in [1.82, 2.24) is 19.9 Å². The number of hydrogen-bond acceptors (Lipinski definition) is 7. The first-order chi connectivity index (χ1) is 16.2. The molecular weight excluding hydrogens is 434 g/mol. The molecule has 8 heteroatoms. The number of benzene rings is 1. The molecule has 1 amide bonds. The van der Waals surface area contributed by atoms with Crippen LogP contribution in [0.4, 0.5) is 10.6 Å². The molecule has 1 aromatic carbocycles. The van der Waals surface area contributed by atoms with E-state index < -0.39 is 0 Å². The minimum Gasteiger partial charge on any atom is -0.443 e. The third-order valence-corrected chi connectivity index (χ3v) is 6.78. The van der Waals surface area contributed by atoms with E-state index in [1.807, 2.05) is 37.0 Å². The summed E-state index contributed by atoms with van der Waals surface area (Å²) < 4.78 is 5.41. The zero-order valence-electron chi connectivity index (χ0n) is 18.4. The molecule has 0 aliphatic carbocycles. The molecule has 7 nitrogen and oxygen atoms in total. The summed E-state index contributed by atoms with van der Waals surface area (Å²) in [6.45, 7) is 1.89. The van der Waals surface area contributed by atoms with E-state index in [9.17, 15) is 4.79 Å². The lowest BCUT2D eigenvalue weighted by molar-refractivity contribution is 0.0854. The Bertz CT molecular complexity index is 1230. The summed E-state index contributed by atoms with van der Waals surface area (Å²) in [5.74, 6) is 0.964. The summed E-state index contributed by atoms with van der Waals surface area (Å²) in [7, 11) is 1.82. The topological polar surface area (TPSA) is 71.5 Å². The van der Waals surface area contributed by atoms with Gasteiger partial charge in [-0.2, -0.15) is 0 Å². The molecule has 33 heavy (non-hydrogen) atoms. The molecule has 0 N–H and O–H groups in total. The molecule has 0 unspecified atom stereocenters. The maximum Gasteiger partial charge on any atom is 0.410 e. The van der Waals surface area contributed by atoms with E-state index in [4.69, 9.17) is 9.72 Å². The van der Waals surface area contributed by atoms with Crippen LogP contribution in [0.5, 0.6) is 0 Å². The monoisotopic (exact) mass is 459 g/mol. The Morgan fingerprint density at radius 3 is 2.85 bits per heavy atom. The van der Waals surface area contributed by atoms with Gasteiger partial charge in [0.05, 0.1) is 16.9 Å². The quantitative estimate of drug-likeness (QED) is 0.419. The van der Waals surface area contributed by atoms with Gasteiger partial charge in [0.25, 0.3) is 0 Å². The molecule has 4 heterocycles. The van der Waals surface area contributed by atoms with Crippen molar-refractivity contribution in [3.8, 4) is 11.3 Å². The SMILES string of the molecule is CN(C(=O)OCc1cscn1)C1CCN(c2cccc(-c3cccc4cnccc34)n2)CC1. The molecule has 1 aliphatic rings. The fraction of sp³-hybridized carbons (Fsp3) is 0.280. The number of nitrogens with zero attached hydrogens (tertiary/aromatic N) is 5. The normalized spacial score (nSPS) is 14.4. The zero-order chi connectivity index (χ0) is 22.6. The Balaban J connectivity index is 1.24. The van der Waals surface area contributed by atoms with Crippen LogP contribution in [-0.2, 0) is 11.3 Å². The first-order valence-electron chi connectivity index (χ1n) is 11.0. The van der Waals surface area contributed by atoms with Gasteiger partial charge in [-0.25, -0.2) is 14.8 Å². The molecule has 1 saturated heterocycles. The number of rotatable bonds is 5. The number of fused-ring (bicyclic) bond motifs is 1. The van der Waals surface area contributed by atoms with Gasteiger partial charge in [0, 0.05) is 54.9 Å². The van der Waals surface area contributed by atoms with Gasteiger partial charge in [0.2, 0.25) is 0 Å². The number of hydrogen-bond donors (Lipinski definition) is 0. The molecule has 3 aromatic heterocycles. The molecular formula is C25H25N5O2S. The Hall–Kier alpha value is -3.52. The standard InChI is InChI=1S/C25H25N5O2S/c1-29(25(31)32-15-19-16-33-17-27-19)20-9-12-30(13-10-20)24-7-3-6-23(28-24)22-5-2-4-18-14-26-11-8-21(18)22/h2-8,11,14,16-17,20H,9-10,12-13,15H2,1H3. The smallest absolute Gasteiger partial charge is 0.410 e. The van der Waals surface area contributed by atoms with Crippen LogP contribution in [0.25, 0.3) is 22.0 Å². The molecule has 0 spiro atoms. The Morgan fingerprint density at radius 2 is 2.03 bits per heavy atom. The Morgan fingerprint density at radius 1 is 1.18 bits per heavy atom. The highest BCUT2D eigenvalue weighted by atomic mass is 32.1. The van der Waals surface area contributed by atoms with E-state index in [2.05, 4.69) is 45.2 Å². The second-order valence-electron chi connectivity index (χ2n) is 8.15. The first kappa shape index (κ1) is 21.3. The summed E-state index contributed by atoms with van der Waals surface area (Å²) in [6, 6.07) is 14.6. The van der Waals surface area contributed by atoms with Crippen LogP contribution in [0, 0.1) is 0 Å². The van der Waals surface area contributed by atoms with Gasteiger partial charge in [-0.15, -0.1) is 11.3 Å². The Kier molecular flexibility index (Phi) is 6.17. The Labute approximate surface area is 196 Å². The summed E-state index contributed by atoms with van der Waals surface area (Å²) in [5.41, 5.74) is 4.58. The van der Waals surface area contributed by atoms with Crippen LogP contribution in [0.3, 0.4) is 0 Å². The lowest BCUT2D eigenvalue weighted by Gasteiger charge is -2.36. The number of pyridine rings is 2. The van der Waals surface area contributed by atoms with E-state index in [-0.39, 0.29) is 18.7 Å². The number of ether oxygens (including phenoxy) is 1. The van der Waals surface area contributed by atoms with Crippen molar-refractivity contribution in [2.75, 3.05) is 25.0 Å². The molecule has 5 rings (SSSR count). The molecule has 0 radical (unpaired) electrons. The lowest BCUT2D eigenvalue weighted by atomic mass is 10.0. The van der Waals surface area contributed by atoms with E-state index in [1.165, 1.54) is 11.3 Å². The third-order valence-electron chi connectivity index (χ3n) is 6.14. The molecule has 168 valence electrons. The van der Waals surface area contributed by atoms with Gasteiger partial charge >= 0.3 is 6.09 Å². The van der Waals surface area contributed by atoms with Crippen LogP contribution < -0.4 is 4.90 Å². The van der Waals surface area contributed by atoms with Gasteiger partial charge in [-0.3, -0.25) is 4.98 Å². The highest BCUT2D eigenvalue weighted by Gasteiger charge is 2.27. The second-order valence-corrected chi connectivity index (χ2v) is 8.87. The van der Waals surface area contributed by atoms with Crippen molar-refractivity contribution >= 4 is 34.0 Å². The van der Waals surface area contributed by atoms with Gasteiger partial charge < -0.3 is 14.5 Å². The molecule has 4 aromatic rings. The van der Waals surface area contributed by atoms with Crippen molar-refractivity contribution in [3.05, 3.63) is 71.4 Å². The number of piperidine rings is 1. The van der Waals surface area contributed by atoms with E-state index in [0.29, 0.717) is 0 Å². The van der Waals surface area contributed by atoms with Crippen LogP contribution in [-0.4, -0.2) is 52.1 Å². The minimum absolute atomic E-state index is 0.151. The summed E-state index contributed by atoms with van der Waals surface area (Å²) >= 11 is 1.50. The van der Waals surface area contributed by atoms with Crippen molar-refractivity contribution in [3.63, 3.8) is 0 Å². The summed E-state index contributed by atoms with van der Waals surface area (Å²) in [6.07, 6.45) is 5.14. The molecule has 0 bridgehead atoms. The van der Waals surface area contributed by atoms with Crippen LogP contribution >= 0.6 is 11.3 Å². The van der Waals surface area contributed by atoms with Gasteiger partial charge in [0.1, 0.15) is 12.4 Å². The first-order valence-corrected chi connectivity index (χ1v) is 11.9. The number of thiazole rings is 1. The van der Waals surface area contributed by atoms with Crippen LogP contribution in [0.1, 0.15) is 18.5 Å². The number of aromatic nitrogens is 3.